The molecule has 24 heavy (non-hydrogen) atoms. The Morgan fingerprint density at radius 1 is 1.33 bits per heavy atom. The first-order valence-corrected chi connectivity index (χ1v) is 9.04. The number of nitrogens with one attached hydrogen (secondary N) is 1. The molecular formula is C15H19FN2O5S. The third-order valence-corrected chi connectivity index (χ3v) is 5.99. The van der Waals surface area contributed by atoms with E-state index in [0.29, 0.717) is 13.0 Å². The summed E-state index contributed by atoms with van der Waals surface area (Å²) >= 11 is 0. The Hall–Kier alpha value is -2.00. The zero-order valence-electron chi connectivity index (χ0n) is 13.2. The lowest BCUT2D eigenvalue weighted by atomic mass is 9.92. The van der Waals surface area contributed by atoms with Crippen molar-refractivity contribution in [3.8, 4) is 0 Å². The zero-order chi connectivity index (χ0) is 18.0. The number of aliphatic carboxylic acids is 1. The highest BCUT2D eigenvalue weighted by atomic mass is 32.2. The van der Waals surface area contributed by atoms with E-state index >= 15 is 0 Å². The van der Waals surface area contributed by atoms with Gasteiger partial charge in [-0.2, -0.15) is 0 Å². The molecule has 1 atom stereocenters. The molecule has 1 amide bonds. The molecular weight excluding hydrogens is 339 g/mol. The van der Waals surface area contributed by atoms with E-state index in [2.05, 4.69) is 5.32 Å². The summed E-state index contributed by atoms with van der Waals surface area (Å²) in [6.07, 6.45) is 0.371. The Labute approximate surface area is 139 Å². The van der Waals surface area contributed by atoms with Crippen LogP contribution in [0.15, 0.2) is 24.3 Å². The lowest BCUT2D eigenvalue weighted by Crippen LogP contribution is -2.50. The van der Waals surface area contributed by atoms with Crippen molar-refractivity contribution >= 4 is 21.9 Å². The fourth-order valence-corrected chi connectivity index (χ4v) is 4.07. The smallest absolute Gasteiger partial charge is 0.333 e. The number of carbonyl (C=O) groups is 2. The maximum absolute atomic E-state index is 13.0. The van der Waals surface area contributed by atoms with Crippen molar-refractivity contribution in [1.29, 1.82) is 0 Å². The maximum Gasteiger partial charge on any atom is 0.333 e. The molecule has 0 aliphatic carbocycles. The van der Waals surface area contributed by atoms with Gasteiger partial charge in [0.15, 0.2) is 5.54 Å². The molecule has 1 unspecified atom stereocenters. The molecule has 1 aliphatic rings. The molecule has 1 aliphatic heterocycles. The fourth-order valence-electron chi connectivity index (χ4n) is 2.54. The number of hydrogen-bond donors (Lipinski definition) is 2. The van der Waals surface area contributed by atoms with Crippen molar-refractivity contribution in [2.75, 3.05) is 18.8 Å². The number of halogens is 1. The SMILES string of the molecule is CC(NC(=O)CCN1CCCS1(=O)=O)(C(=O)O)c1ccc(F)cc1. The highest BCUT2D eigenvalue weighted by Gasteiger charge is 2.37. The molecule has 1 aromatic carbocycles. The van der Waals surface area contributed by atoms with Crippen LogP contribution >= 0.6 is 0 Å². The third kappa shape index (κ3) is 3.90. The van der Waals surface area contributed by atoms with E-state index in [4.69, 9.17) is 0 Å². The van der Waals surface area contributed by atoms with Crippen molar-refractivity contribution < 1.29 is 27.5 Å². The van der Waals surface area contributed by atoms with Gasteiger partial charge in [0.1, 0.15) is 5.82 Å². The Kier molecular flexibility index (Phi) is 5.24. The van der Waals surface area contributed by atoms with Gasteiger partial charge >= 0.3 is 5.97 Å². The van der Waals surface area contributed by atoms with Gasteiger partial charge in [-0.25, -0.2) is 21.9 Å². The quantitative estimate of drug-likeness (QED) is 0.778. The molecule has 1 fully saturated rings. The average molecular weight is 358 g/mol. The summed E-state index contributed by atoms with van der Waals surface area (Å²) in [6, 6.07) is 4.79. The molecule has 132 valence electrons. The van der Waals surface area contributed by atoms with Gasteiger partial charge in [0.2, 0.25) is 15.9 Å². The van der Waals surface area contributed by atoms with E-state index in [0.717, 1.165) is 12.1 Å². The van der Waals surface area contributed by atoms with E-state index in [1.807, 2.05) is 0 Å². The molecule has 1 heterocycles. The molecule has 0 radical (unpaired) electrons. The number of rotatable bonds is 6. The number of carboxylic acid groups (broad SMARTS) is 1. The second kappa shape index (κ2) is 6.86. The summed E-state index contributed by atoms with van der Waals surface area (Å²) in [7, 11) is -3.30. The van der Waals surface area contributed by atoms with Gasteiger partial charge < -0.3 is 10.4 Å². The van der Waals surface area contributed by atoms with Crippen LogP contribution < -0.4 is 5.32 Å². The van der Waals surface area contributed by atoms with Crippen LogP contribution in [0.1, 0.15) is 25.3 Å². The monoisotopic (exact) mass is 358 g/mol. The van der Waals surface area contributed by atoms with Crippen LogP contribution in [0.25, 0.3) is 0 Å². The van der Waals surface area contributed by atoms with Gasteiger partial charge in [0.05, 0.1) is 5.75 Å². The number of sulfonamides is 1. The molecule has 1 saturated heterocycles. The van der Waals surface area contributed by atoms with Gasteiger partial charge in [-0.1, -0.05) is 12.1 Å². The summed E-state index contributed by atoms with van der Waals surface area (Å²) in [6.45, 7) is 1.67. The van der Waals surface area contributed by atoms with Gasteiger partial charge in [0, 0.05) is 19.5 Å². The summed E-state index contributed by atoms with van der Waals surface area (Å²) < 4.78 is 37.6. The number of carbonyl (C=O) groups excluding carboxylic acids is 1. The highest BCUT2D eigenvalue weighted by Crippen LogP contribution is 2.22. The number of hydrogen-bond acceptors (Lipinski definition) is 4. The number of nitrogens with zero attached hydrogens (tertiary/aromatic N) is 1. The molecule has 0 aromatic heterocycles. The van der Waals surface area contributed by atoms with Crippen LogP contribution in [-0.2, 0) is 25.2 Å². The summed E-state index contributed by atoms with van der Waals surface area (Å²) in [5.41, 5.74) is -1.51. The van der Waals surface area contributed by atoms with Crippen molar-refractivity contribution in [2.45, 2.75) is 25.3 Å². The molecule has 0 saturated carbocycles. The summed E-state index contributed by atoms with van der Waals surface area (Å²) in [5.74, 6) is -2.34. The fraction of sp³-hybridized carbons (Fsp3) is 0.467. The minimum Gasteiger partial charge on any atom is -0.479 e. The van der Waals surface area contributed by atoms with Gasteiger partial charge in [-0.15, -0.1) is 0 Å². The maximum atomic E-state index is 13.0. The third-order valence-electron chi connectivity index (χ3n) is 4.03. The van der Waals surface area contributed by atoms with Gasteiger partial charge in [0.25, 0.3) is 0 Å². The molecule has 2 rings (SSSR count). The molecule has 7 nitrogen and oxygen atoms in total. The standard InChI is InChI=1S/C15H19FN2O5S/c1-15(14(20)21,11-3-5-12(16)6-4-11)17-13(19)7-9-18-8-2-10-24(18,22)23/h3-6H,2,7-10H2,1H3,(H,17,19)(H,20,21). The molecule has 9 heteroatoms. The van der Waals surface area contributed by atoms with E-state index in [1.54, 1.807) is 0 Å². The molecule has 2 N–H and O–H groups in total. The van der Waals surface area contributed by atoms with Crippen LogP contribution in [0.3, 0.4) is 0 Å². The van der Waals surface area contributed by atoms with Crippen LogP contribution in [0.5, 0.6) is 0 Å². The van der Waals surface area contributed by atoms with Crippen LogP contribution in [-0.4, -0.2) is 48.5 Å². The molecule has 0 bridgehead atoms. The summed E-state index contributed by atoms with van der Waals surface area (Å²) in [5, 5.41) is 11.8. The molecule has 1 aromatic rings. The Morgan fingerprint density at radius 2 is 1.96 bits per heavy atom. The normalized spacial score (nSPS) is 19.6. The van der Waals surface area contributed by atoms with Crippen LogP contribution in [0, 0.1) is 5.82 Å². The lowest BCUT2D eigenvalue weighted by Gasteiger charge is -2.27. The number of benzene rings is 1. The zero-order valence-corrected chi connectivity index (χ0v) is 14.0. The molecule has 0 spiro atoms. The largest absolute Gasteiger partial charge is 0.479 e. The second-order valence-corrected chi connectivity index (χ2v) is 7.89. The summed E-state index contributed by atoms with van der Waals surface area (Å²) in [4.78, 5) is 23.7. The van der Waals surface area contributed by atoms with Crippen molar-refractivity contribution in [1.82, 2.24) is 9.62 Å². The van der Waals surface area contributed by atoms with Crippen molar-refractivity contribution in [2.24, 2.45) is 0 Å². The predicted octanol–water partition coefficient (Wildman–Crippen LogP) is 0.667. The Morgan fingerprint density at radius 3 is 2.46 bits per heavy atom. The number of amides is 1. The topological polar surface area (TPSA) is 104 Å². The van der Waals surface area contributed by atoms with E-state index in [1.165, 1.54) is 23.4 Å². The predicted molar refractivity (Wildman–Crippen MR) is 84.1 cm³/mol. The van der Waals surface area contributed by atoms with Crippen LogP contribution in [0.2, 0.25) is 0 Å². The number of carboxylic acids is 1. The van der Waals surface area contributed by atoms with E-state index in [-0.39, 0.29) is 24.3 Å². The second-order valence-electron chi connectivity index (χ2n) is 5.80. The lowest BCUT2D eigenvalue weighted by molar-refractivity contribution is -0.147. The minimum absolute atomic E-state index is 0.00723. The van der Waals surface area contributed by atoms with Gasteiger partial charge in [-0.05, 0) is 31.0 Å². The minimum atomic E-state index is -3.30. The van der Waals surface area contributed by atoms with E-state index in [9.17, 15) is 27.5 Å². The first-order chi connectivity index (χ1) is 11.1. The van der Waals surface area contributed by atoms with E-state index < -0.39 is 33.3 Å². The van der Waals surface area contributed by atoms with Crippen LogP contribution in [0.4, 0.5) is 4.39 Å². The first-order valence-electron chi connectivity index (χ1n) is 7.43. The Bertz CT molecular complexity index is 735. The van der Waals surface area contributed by atoms with Crippen molar-refractivity contribution in [3.63, 3.8) is 0 Å². The Balaban J connectivity index is 2.06. The highest BCUT2D eigenvalue weighted by molar-refractivity contribution is 7.89. The average Bonchev–Trinajstić information content (AvgIpc) is 2.84. The first kappa shape index (κ1) is 18.3. The van der Waals surface area contributed by atoms with Crippen molar-refractivity contribution in [3.05, 3.63) is 35.6 Å². The van der Waals surface area contributed by atoms with Gasteiger partial charge in [-0.3, -0.25) is 4.79 Å².